The van der Waals surface area contributed by atoms with Crippen LogP contribution in [0.2, 0.25) is 0 Å². The number of nitrogens with zero attached hydrogens (tertiary/aromatic N) is 2. The largest absolute Gasteiger partial charge is 0.481 e. The van der Waals surface area contributed by atoms with Crippen molar-refractivity contribution >= 4 is 17.8 Å². The zero-order chi connectivity index (χ0) is 14.9. The Morgan fingerprint density at radius 2 is 2.05 bits per heavy atom. The molecule has 2 heterocycles. The number of amides is 2. The lowest BCUT2D eigenvalue weighted by molar-refractivity contribution is -0.141. The number of carboxylic acids is 1. The molecule has 0 bridgehead atoms. The third kappa shape index (κ3) is 3.11. The molecule has 2 fully saturated rings. The number of carbonyl (C=O) groups excluding carboxylic acids is 2. The predicted octanol–water partition coefficient (Wildman–Crippen LogP) is 0.567. The SMILES string of the molecule is CC(C)CC(=O)N1CCC(N2CC(C(=O)O)CC2=O)C1. The van der Waals surface area contributed by atoms with Gasteiger partial charge in [-0.2, -0.15) is 0 Å². The highest BCUT2D eigenvalue weighted by Crippen LogP contribution is 2.25. The van der Waals surface area contributed by atoms with Crippen molar-refractivity contribution in [2.24, 2.45) is 11.8 Å². The van der Waals surface area contributed by atoms with Gasteiger partial charge in [0, 0.05) is 32.5 Å². The van der Waals surface area contributed by atoms with Crippen molar-refractivity contribution in [3.8, 4) is 0 Å². The standard InChI is InChI=1S/C14H22N2O4/c1-9(2)5-12(17)15-4-3-11(8-15)16-7-10(14(19)20)6-13(16)18/h9-11H,3-8H2,1-2H3,(H,19,20). The van der Waals surface area contributed by atoms with Gasteiger partial charge in [0.1, 0.15) is 0 Å². The van der Waals surface area contributed by atoms with Gasteiger partial charge in [-0.05, 0) is 12.3 Å². The van der Waals surface area contributed by atoms with Gasteiger partial charge in [-0.25, -0.2) is 0 Å². The number of carbonyl (C=O) groups is 3. The maximum atomic E-state index is 12.0. The molecule has 2 atom stereocenters. The van der Waals surface area contributed by atoms with Crippen LogP contribution in [0.15, 0.2) is 0 Å². The molecule has 2 aliphatic rings. The van der Waals surface area contributed by atoms with Gasteiger partial charge in [-0.1, -0.05) is 13.8 Å². The Kier molecular flexibility index (Phi) is 4.30. The molecule has 20 heavy (non-hydrogen) atoms. The molecule has 1 N–H and O–H groups in total. The second-order valence-corrected chi connectivity index (χ2v) is 6.17. The molecule has 2 rings (SSSR count). The summed E-state index contributed by atoms with van der Waals surface area (Å²) in [6, 6.07) is -0.0111. The maximum Gasteiger partial charge on any atom is 0.308 e. The molecule has 2 saturated heterocycles. The fourth-order valence-electron chi connectivity index (χ4n) is 2.95. The third-order valence-corrected chi connectivity index (χ3v) is 4.05. The molecule has 0 radical (unpaired) electrons. The van der Waals surface area contributed by atoms with Crippen molar-refractivity contribution in [2.45, 2.75) is 39.2 Å². The van der Waals surface area contributed by atoms with Crippen molar-refractivity contribution in [2.75, 3.05) is 19.6 Å². The number of hydrogen-bond donors (Lipinski definition) is 1. The topological polar surface area (TPSA) is 77.9 Å². The Morgan fingerprint density at radius 1 is 1.35 bits per heavy atom. The lowest BCUT2D eigenvalue weighted by Crippen LogP contribution is -2.40. The molecule has 112 valence electrons. The van der Waals surface area contributed by atoms with Crippen LogP contribution in [0.3, 0.4) is 0 Å². The molecule has 0 aliphatic carbocycles. The summed E-state index contributed by atoms with van der Waals surface area (Å²) in [5.41, 5.74) is 0. The fraction of sp³-hybridized carbons (Fsp3) is 0.786. The van der Waals surface area contributed by atoms with Crippen LogP contribution in [0.5, 0.6) is 0 Å². The molecule has 0 spiro atoms. The van der Waals surface area contributed by atoms with Gasteiger partial charge < -0.3 is 14.9 Å². The van der Waals surface area contributed by atoms with Gasteiger partial charge in [0.2, 0.25) is 11.8 Å². The first-order valence-electron chi connectivity index (χ1n) is 7.18. The Hall–Kier alpha value is -1.59. The quantitative estimate of drug-likeness (QED) is 0.817. The third-order valence-electron chi connectivity index (χ3n) is 4.05. The van der Waals surface area contributed by atoms with E-state index in [0.717, 1.165) is 6.42 Å². The first kappa shape index (κ1) is 14.8. The van der Waals surface area contributed by atoms with Crippen LogP contribution >= 0.6 is 0 Å². The first-order chi connectivity index (χ1) is 9.38. The highest BCUT2D eigenvalue weighted by molar-refractivity contribution is 5.86. The average molecular weight is 282 g/mol. The van der Waals surface area contributed by atoms with Crippen LogP contribution in [0.1, 0.15) is 33.1 Å². The van der Waals surface area contributed by atoms with E-state index in [1.807, 2.05) is 13.8 Å². The lowest BCUT2D eigenvalue weighted by atomic mass is 10.1. The minimum absolute atomic E-state index is 0.0111. The second-order valence-electron chi connectivity index (χ2n) is 6.17. The molecule has 2 aliphatic heterocycles. The van der Waals surface area contributed by atoms with Gasteiger partial charge in [-0.15, -0.1) is 0 Å². The van der Waals surface area contributed by atoms with Gasteiger partial charge in [0.25, 0.3) is 0 Å². The fourth-order valence-corrected chi connectivity index (χ4v) is 2.95. The Morgan fingerprint density at radius 3 is 2.60 bits per heavy atom. The van der Waals surface area contributed by atoms with Crippen LogP contribution < -0.4 is 0 Å². The molecule has 0 aromatic carbocycles. The summed E-state index contributed by atoms with van der Waals surface area (Å²) >= 11 is 0. The molecular formula is C14H22N2O4. The minimum Gasteiger partial charge on any atom is -0.481 e. The van der Waals surface area contributed by atoms with Crippen LogP contribution in [0, 0.1) is 11.8 Å². The van der Waals surface area contributed by atoms with E-state index in [1.165, 1.54) is 0 Å². The maximum absolute atomic E-state index is 12.0. The number of likely N-dealkylation sites (tertiary alicyclic amines) is 2. The Labute approximate surface area is 118 Å². The van der Waals surface area contributed by atoms with E-state index in [4.69, 9.17) is 5.11 Å². The Bertz CT molecular complexity index is 421. The predicted molar refractivity (Wildman–Crippen MR) is 71.9 cm³/mol. The van der Waals surface area contributed by atoms with Crippen molar-refractivity contribution in [1.82, 2.24) is 9.80 Å². The highest BCUT2D eigenvalue weighted by Gasteiger charge is 2.40. The normalized spacial score (nSPS) is 26.6. The van der Waals surface area contributed by atoms with Crippen molar-refractivity contribution in [3.63, 3.8) is 0 Å². The monoisotopic (exact) mass is 282 g/mol. The summed E-state index contributed by atoms with van der Waals surface area (Å²) in [6.07, 6.45) is 1.37. The van der Waals surface area contributed by atoms with Gasteiger partial charge in [0.15, 0.2) is 0 Å². The zero-order valence-corrected chi connectivity index (χ0v) is 12.0. The van der Waals surface area contributed by atoms with Crippen LogP contribution in [0.4, 0.5) is 0 Å². The smallest absolute Gasteiger partial charge is 0.308 e. The summed E-state index contributed by atoms with van der Waals surface area (Å²) in [5, 5.41) is 8.99. The van der Waals surface area contributed by atoms with E-state index in [-0.39, 0.29) is 30.8 Å². The summed E-state index contributed by atoms with van der Waals surface area (Å²) in [6.45, 7) is 5.51. The van der Waals surface area contributed by atoms with Crippen LogP contribution in [-0.4, -0.2) is 58.4 Å². The van der Waals surface area contributed by atoms with Gasteiger partial charge in [0.05, 0.1) is 12.0 Å². The molecule has 2 unspecified atom stereocenters. The molecule has 0 saturated carbocycles. The number of hydrogen-bond acceptors (Lipinski definition) is 3. The molecule has 2 amide bonds. The summed E-state index contributed by atoms with van der Waals surface area (Å²) in [4.78, 5) is 38.3. The van der Waals surface area contributed by atoms with Gasteiger partial charge in [-0.3, -0.25) is 14.4 Å². The molecule has 0 aromatic rings. The summed E-state index contributed by atoms with van der Waals surface area (Å²) < 4.78 is 0. The summed E-state index contributed by atoms with van der Waals surface area (Å²) in [7, 11) is 0. The first-order valence-corrected chi connectivity index (χ1v) is 7.18. The molecule has 0 aromatic heterocycles. The van der Waals surface area contributed by atoms with Crippen molar-refractivity contribution in [3.05, 3.63) is 0 Å². The van der Waals surface area contributed by atoms with E-state index in [9.17, 15) is 14.4 Å². The lowest BCUT2D eigenvalue weighted by Gasteiger charge is -2.24. The van der Waals surface area contributed by atoms with E-state index >= 15 is 0 Å². The number of carboxylic acid groups (broad SMARTS) is 1. The van der Waals surface area contributed by atoms with Crippen molar-refractivity contribution in [1.29, 1.82) is 0 Å². The molecule has 6 heteroatoms. The van der Waals surface area contributed by atoms with Crippen LogP contribution in [-0.2, 0) is 14.4 Å². The number of aliphatic carboxylic acids is 1. The van der Waals surface area contributed by atoms with E-state index in [1.54, 1.807) is 9.80 Å². The van der Waals surface area contributed by atoms with E-state index in [0.29, 0.717) is 25.4 Å². The Balaban J connectivity index is 1.91. The van der Waals surface area contributed by atoms with Crippen molar-refractivity contribution < 1.29 is 19.5 Å². The molecule has 6 nitrogen and oxygen atoms in total. The highest BCUT2D eigenvalue weighted by atomic mass is 16.4. The van der Waals surface area contributed by atoms with E-state index < -0.39 is 11.9 Å². The molecular weight excluding hydrogens is 260 g/mol. The van der Waals surface area contributed by atoms with E-state index in [2.05, 4.69) is 0 Å². The van der Waals surface area contributed by atoms with Gasteiger partial charge >= 0.3 is 5.97 Å². The average Bonchev–Trinajstić information content (AvgIpc) is 2.93. The van der Waals surface area contributed by atoms with Crippen LogP contribution in [0.25, 0.3) is 0 Å². The number of rotatable bonds is 4. The second kappa shape index (κ2) is 5.81. The minimum atomic E-state index is -0.911. The summed E-state index contributed by atoms with van der Waals surface area (Å²) in [5.74, 6) is -1.15. The zero-order valence-electron chi connectivity index (χ0n) is 12.0.